The number of carbonyl (C=O) groups excluding carboxylic acids is 10. The van der Waals surface area contributed by atoms with Crippen LogP contribution in [-0.2, 0) is 82.8 Å². The molecule has 7 amide bonds. The van der Waals surface area contributed by atoms with Crippen LogP contribution in [0.4, 0.5) is 4.79 Å². The normalized spacial score (nSPS) is 19.6. The second-order valence-electron chi connectivity index (χ2n) is 19.2. The summed E-state index contributed by atoms with van der Waals surface area (Å²) in [4.78, 5) is 150. The van der Waals surface area contributed by atoms with E-state index in [0.717, 1.165) is 56.9 Å². The number of ether oxygens (including phenoxy) is 6. The Morgan fingerprint density at radius 1 is 0.688 bits per heavy atom. The fourth-order valence-electron chi connectivity index (χ4n) is 8.83. The maximum Gasteiger partial charge on any atom is 0.407 e. The fraction of sp³-hybridized carbons (Fsp3) is 0.500. The molecule has 0 radical (unpaired) electrons. The van der Waals surface area contributed by atoms with Crippen LogP contribution in [0.25, 0.3) is 11.1 Å². The van der Waals surface area contributed by atoms with Crippen molar-refractivity contribution in [2.24, 2.45) is 5.92 Å². The van der Waals surface area contributed by atoms with Crippen molar-refractivity contribution in [3.63, 3.8) is 0 Å². The predicted octanol–water partition coefficient (Wildman–Crippen LogP) is -1.27. The molecule has 2 aromatic carbocycles. The average molecular weight is 1120 g/mol. The smallest absolute Gasteiger partial charge is 0.407 e. The summed E-state index contributed by atoms with van der Waals surface area (Å²) in [5, 5.41) is 36.4. The minimum Gasteiger partial charge on any atom is -0.480 e. The van der Waals surface area contributed by atoms with Crippen molar-refractivity contribution in [3.8, 4) is 11.1 Å². The zero-order valence-electron chi connectivity index (χ0n) is 45.1. The van der Waals surface area contributed by atoms with E-state index >= 15 is 0 Å². The molecule has 1 aliphatic carbocycles. The number of aliphatic hydroxyl groups excluding tert-OH is 1. The van der Waals surface area contributed by atoms with E-state index in [1.807, 2.05) is 48.5 Å². The highest BCUT2D eigenvalue weighted by Crippen LogP contribution is 2.44. The highest BCUT2D eigenvalue weighted by molar-refractivity contribution is 5.96. The Morgan fingerprint density at radius 3 is 1.85 bits per heavy atom. The predicted molar refractivity (Wildman–Crippen MR) is 275 cm³/mol. The molecule has 5 rings (SSSR count). The van der Waals surface area contributed by atoms with Gasteiger partial charge in [0.2, 0.25) is 35.4 Å². The van der Waals surface area contributed by atoms with Crippen LogP contribution in [0.3, 0.4) is 0 Å². The number of hydrogen-bond donors (Lipinski definition) is 10. The first-order chi connectivity index (χ1) is 37.9. The molecule has 11 atom stereocenters. The van der Waals surface area contributed by atoms with Gasteiger partial charge in [0.05, 0.1) is 25.6 Å². The third kappa shape index (κ3) is 17.2. The molecule has 1 aliphatic heterocycles. The lowest BCUT2D eigenvalue weighted by Crippen LogP contribution is -2.68. The lowest BCUT2D eigenvalue weighted by atomic mass is 9.95. The van der Waals surface area contributed by atoms with Crippen LogP contribution in [0.5, 0.6) is 0 Å². The summed E-state index contributed by atoms with van der Waals surface area (Å²) in [6.45, 7) is 7.03. The van der Waals surface area contributed by atoms with E-state index in [2.05, 4.69) is 47.2 Å². The van der Waals surface area contributed by atoms with Crippen LogP contribution in [0, 0.1) is 5.92 Å². The van der Waals surface area contributed by atoms with E-state index in [1.165, 1.54) is 33.3 Å². The van der Waals surface area contributed by atoms with E-state index in [4.69, 9.17) is 28.4 Å². The van der Waals surface area contributed by atoms with Gasteiger partial charge in [0.1, 0.15) is 55.6 Å². The minimum absolute atomic E-state index is 0.0607. The Bertz CT molecular complexity index is 2690. The molecule has 3 aromatic rings. The second kappa shape index (κ2) is 28.9. The Balaban J connectivity index is 1.35. The molecule has 434 valence electrons. The number of aliphatic carboxylic acids is 1. The van der Waals surface area contributed by atoms with Gasteiger partial charge in [-0.2, -0.15) is 0 Å². The van der Waals surface area contributed by atoms with Crippen LogP contribution in [0.15, 0.2) is 61.1 Å². The number of aromatic nitrogens is 2. The zero-order chi connectivity index (χ0) is 59.0. The van der Waals surface area contributed by atoms with Gasteiger partial charge in [-0.15, -0.1) is 0 Å². The van der Waals surface area contributed by atoms with E-state index in [9.17, 15) is 63.0 Å². The number of nitrogens with zero attached hydrogens (tertiary/aromatic N) is 1. The molecule has 28 heteroatoms. The molecule has 10 N–H and O–H groups in total. The van der Waals surface area contributed by atoms with Crippen molar-refractivity contribution < 1.29 is 91.4 Å². The summed E-state index contributed by atoms with van der Waals surface area (Å²) in [6.07, 6.45) is -6.31. The number of nitrogens with one attached hydrogen (secondary N) is 8. The quantitative estimate of drug-likeness (QED) is 0.0331. The van der Waals surface area contributed by atoms with Crippen LogP contribution >= 0.6 is 0 Å². The summed E-state index contributed by atoms with van der Waals surface area (Å²) < 4.78 is 34.0. The third-order valence-corrected chi connectivity index (χ3v) is 12.6. The van der Waals surface area contributed by atoms with E-state index in [-0.39, 0.29) is 18.9 Å². The molecule has 2 aliphatic rings. The van der Waals surface area contributed by atoms with Gasteiger partial charge in [-0.1, -0.05) is 62.4 Å². The summed E-state index contributed by atoms with van der Waals surface area (Å²) in [5.74, 6) is -11.1. The molecular formula is C52H67N9O19. The van der Waals surface area contributed by atoms with Crippen LogP contribution in [0.1, 0.15) is 78.1 Å². The van der Waals surface area contributed by atoms with E-state index in [0.29, 0.717) is 5.69 Å². The van der Waals surface area contributed by atoms with Crippen molar-refractivity contribution in [1.82, 2.24) is 47.2 Å². The number of imidazole rings is 1. The Hall–Kier alpha value is -8.50. The maximum absolute atomic E-state index is 14.4. The van der Waals surface area contributed by atoms with E-state index < -0.39 is 158 Å². The lowest BCUT2D eigenvalue weighted by Gasteiger charge is -2.46. The number of carboxylic acids is 1. The van der Waals surface area contributed by atoms with Gasteiger partial charge < -0.3 is 80.8 Å². The molecule has 1 aromatic heterocycles. The number of amides is 7. The number of aromatic amines is 1. The molecule has 80 heavy (non-hydrogen) atoms. The topological polar surface area (TPSA) is 396 Å². The molecule has 28 nitrogen and oxygen atoms in total. The van der Waals surface area contributed by atoms with Crippen molar-refractivity contribution in [2.45, 2.75) is 135 Å². The lowest BCUT2D eigenvalue weighted by molar-refractivity contribution is -0.287. The summed E-state index contributed by atoms with van der Waals surface area (Å²) in [7, 11) is 0. The van der Waals surface area contributed by atoms with Gasteiger partial charge in [0.15, 0.2) is 18.5 Å². The van der Waals surface area contributed by atoms with Gasteiger partial charge >= 0.3 is 30.0 Å². The summed E-state index contributed by atoms with van der Waals surface area (Å²) >= 11 is 0. The van der Waals surface area contributed by atoms with Gasteiger partial charge in [-0.25, -0.2) is 9.78 Å². The molecule has 1 fully saturated rings. The zero-order valence-corrected chi connectivity index (χ0v) is 45.1. The number of esters is 3. The number of carboxylic acid groups (broad SMARTS) is 1. The number of hydrogen-bond acceptors (Lipinski definition) is 19. The number of aliphatic hydroxyl groups is 1. The third-order valence-electron chi connectivity index (χ3n) is 12.6. The second-order valence-corrected chi connectivity index (χ2v) is 19.2. The number of rotatable bonds is 26. The Labute approximate surface area is 458 Å². The Morgan fingerprint density at radius 2 is 1.30 bits per heavy atom. The summed E-state index contributed by atoms with van der Waals surface area (Å²) in [6, 6.07) is 5.81. The van der Waals surface area contributed by atoms with E-state index in [1.54, 1.807) is 0 Å². The van der Waals surface area contributed by atoms with Crippen molar-refractivity contribution in [2.75, 3.05) is 26.4 Å². The van der Waals surface area contributed by atoms with Crippen molar-refractivity contribution >= 4 is 65.4 Å². The number of H-pyrrole nitrogens is 1. The SMILES string of the molecule is CC(=O)N[C@H]1[C@@H](O[C@H](C)[C@H](NC(=O)[C@@H](NC(=O)CNC(=O)[C@H](Cc2cnc[nH]2)NC(=O)OCC2c3ccccc3-c3ccccc32)C(C)C)C(=O)N[C@@H](CO)C(=O)N[C@@H](C)C(=O)O)O[C@H](COC(C)=O)[C@H](OC(C)=O)[C@@H]1OC(C)=O. The molecule has 0 unspecified atom stereocenters. The van der Waals surface area contributed by atoms with Crippen LogP contribution in [-0.4, -0.2) is 179 Å². The van der Waals surface area contributed by atoms with Crippen molar-refractivity contribution in [3.05, 3.63) is 77.9 Å². The largest absolute Gasteiger partial charge is 0.480 e. The summed E-state index contributed by atoms with van der Waals surface area (Å²) in [5.41, 5.74) is 4.38. The number of benzene rings is 2. The number of fused-ring (bicyclic) bond motifs is 3. The van der Waals surface area contributed by atoms with Crippen molar-refractivity contribution in [1.29, 1.82) is 0 Å². The first-order valence-corrected chi connectivity index (χ1v) is 25.3. The monoisotopic (exact) mass is 1120 g/mol. The van der Waals surface area contributed by atoms with Crippen LogP contribution in [0.2, 0.25) is 0 Å². The molecule has 0 saturated carbocycles. The fourth-order valence-corrected chi connectivity index (χ4v) is 8.83. The number of alkyl carbamates (subject to hydrolysis) is 1. The molecule has 0 bridgehead atoms. The highest BCUT2D eigenvalue weighted by Gasteiger charge is 2.52. The van der Waals surface area contributed by atoms with Gasteiger partial charge in [0.25, 0.3) is 0 Å². The minimum atomic E-state index is -1.95. The first kappa shape index (κ1) is 62.3. The average Bonchev–Trinajstić information content (AvgIpc) is 4.03. The van der Waals surface area contributed by atoms with Gasteiger partial charge in [-0.3, -0.25) is 47.9 Å². The maximum atomic E-state index is 14.4. The number of carbonyl (C=O) groups is 11. The Kier molecular flexibility index (Phi) is 22.5. The molecule has 0 spiro atoms. The molecule has 2 heterocycles. The first-order valence-electron chi connectivity index (χ1n) is 25.3. The van der Waals surface area contributed by atoms with Gasteiger partial charge in [-0.05, 0) is 42.0 Å². The highest BCUT2D eigenvalue weighted by atomic mass is 16.7. The van der Waals surface area contributed by atoms with Gasteiger partial charge in [0, 0.05) is 51.9 Å². The van der Waals surface area contributed by atoms with Crippen LogP contribution < -0.4 is 37.2 Å². The molecular weight excluding hydrogens is 1050 g/mol. The molecule has 1 saturated heterocycles. The standard InChI is InChI=1S/C52H67N9O19/c1-24(2)41(60-40(67)19-54-46(68)37(17-31-18-53-23-55-31)59-52(74)76-21-36-34-15-11-9-13-32(34)33-14-10-12-16-35(33)36)48(70)61-42(49(71)58-38(20-62)47(69)56-25(3)50(72)73)26(4)77-51-43(57-27(5)63)45(79-30(8)66)44(78-29(7)65)39(80-51)22-75-28(6)64/h9-16,18,23-26,36-39,41-45,51,62H,17,19-22H2,1-8H3,(H,53,55)(H,54,68)(H,56,69)(H,57,63)(H,58,71)(H,59,74)(H,60,67)(H,61,70)(H,72,73)/t25-,26+,37-,38-,39+,41-,42-,43+,44-,45+,51-/m0/s1.